The van der Waals surface area contributed by atoms with Crippen LogP contribution in [-0.4, -0.2) is 72.4 Å². The largest absolute Gasteiger partial charge is 0.418 e. The SMILES string of the molecule is CC(C)C[C@H](NC(=O)[C@H](C)NC(=O)[C@H](CC(=O)NCC(C)(C)C)NS(C)(=O)=O)C(O)c1nnc(-c2ccccc2)o1. The van der Waals surface area contributed by atoms with Crippen LogP contribution < -0.4 is 20.7 Å². The molecule has 1 aromatic carbocycles. The highest BCUT2D eigenvalue weighted by molar-refractivity contribution is 7.88. The Hall–Kier alpha value is -3.36. The lowest BCUT2D eigenvalue weighted by Crippen LogP contribution is -2.55. The molecule has 0 fully saturated rings. The van der Waals surface area contributed by atoms with Crippen molar-refractivity contribution in [2.24, 2.45) is 11.3 Å². The van der Waals surface area contributed by atoms with E-state index in [-0.39, 0.29) is 23.1 Å². The second kappa shape index (κ2) is 14.5. The Morgan fingerprint density at radius 2 is 1.63 bits per heavy atom. The molecule has 0 saturated heterocycles. The summed E-state index contributed by atoms with van der Waals surface area (Å²) in [6.07, 6.45) is -0.572. The summed E-state index contributed by atoms with van der Waals surface area (Å²) in [7, 11) is -3.85. The highest BCUT2D eigenvalue weighted by Gasteiger charge is 2.32. The predicted octanol–water partition coefficient (Wildman–Crippen LogP) is 1.28. The van der Waals surface area contributed by atoms with Gasteiger partial charge in [0.25, 0.3) is 0 Å². The summed E-state index contributed by atoms with van der Waals surface area (Å²) in [4.78, 5) is 38.4. The minimum atomic E-state index is -3.85. The maximum Gasteiger partial charge on any atom is 0.247 e. The molecule has 0 aliphatic carbocycles. The summed E-state index contributed by atoms with van der Waals surface area (Å²) in [5, 5.41) is 26.8. The Labute approximate surface area is 241 Å². The van der Waals surface area contributed by atoms with Gasteiger partial charge in [0.2, 0.25) is 39.5 Å². The van der Waals surface area contributed by atoms with E-state index in [1.54, 1.807) is 24.3 Å². The van der Waals surface area contributed by atoms with Crippen LogP contribution in [0, 0.1) is 11.3 Å². The van der Waals surface area contributed by atoms with Gasteiger partial charge in [-0.1, -0.05) is 52.8 Å². The first kappa shape index (κ1) is 33.8. The van der Waals surface area contributed by atoms with Gasteiger partial charge in [-0.15, -0.1) is 10.2 Å². The number of aromatic nitrogens is 2. The van der Waals surface area contributed by atoms with Gasteiger partial charge in [0.15, 0.2) is 6.10 Å². The summed E-state index contributed by atoms with van der Waals surface area (Å²) < 4.78 is 31.5. The van der Waals surface area contributed by atoms with Crippen molar-refractivity contribution in [2.75, 3.05) is 12.8 Å². The van der Waals surface area contributed by atoms with Crippen LogP contribution in [0.1, 0.15) is 66.4 Å². The Bertz CT molecular complexity index is 1270. The summed E-state index contributed by atoms with van der Waals surface area (Å²) in [6, 6.07) is 5.61. The minimum Gasteiger partial charge on any atom is -0.418 e. The minimum absolute atomic E-state index is 0.0614. The van der Waals surface area contributed by atoms with E-state index in [4.69, 9.17) is 4.42 Å². The van der Waals surface area contributed by atoms with Gasteiger partial charge in [-0.25, -0.2) is 13.1 Å². The van der Waals surface area contributed by atoms with Crippen molar-refractivity contribution in [1.82, 2.24) is 30.9 Å². The summed E-state index contributed by atoms with van der Waals surface area (Å²) in [5.74, 6) is -1.82. The second-order valence-electron chi connectivity index (χ2n) is 11.7. The zero-order valence-electron chi connectivity index (χ0n) is 24.6. The number of carbonyl (C=O) groups is 3. The first-order valence-corrected chi connectivity index (χ1v) is 15.3. The lowest BCUT2D eigenvalue weighted by Gasteiger charge is -2.26. The van der Waals surface area contributed by atoms with Gasteiger partial charge in [0, 0.05) is 12.1 Å². The number of benzene rings is 1. The monoisotopic (exact) mass is 594 g/mol. The van der Waals surface area contributed by atoms with Crippen molar-refractivity contribution in [1.29, 1.82) is 0 Å². The first-order valence-electron chi connectivity index (χ1n) is 13.4. The molecule has 1 heterocycles. The molecule has 2 rings (SSSR count). The molecule has 0 bridgehead atoms. The third-order valence-corrected chi connectivity index (χ3v) is 6.49. The number of aliphatic hydroxyl groups is 1. The lowest BCUT2D eigenvalue weighted by molar-refractivity contribution is -0.131. The molecule has 4 atom stereocenters. The first-order chi connectivity index (χ1) is 18.9. The molecule has 0 aliphatic heterocycles. The molecule has 13 nitrogen and oxygen atoms in total. The molecule has 3 amide bonds. The van der Waals surface area contributed by atoms with Crippen LogP contribution in [0.4, 0.5) is 0 Å². The van der Waals surface area contributed by atoms with Crippen LogP contribution >= 0.6 is 0 Å². The average molecular weight is 595 g/mol. The van der Waals surface area contributed by atoms with E-state index in [0.29, 0.717) is 18.5 Å². The molecule has 41 heavy (non-hydrogen) atoms. The van der Waals surface area contributed by atoms with Crippen molar-refractivity contribution in [3.8, 4) is 11.5 Å². The fraction of sp³-hybridized carbons (Fsp3) is 0.593. The van der Waals surface area contributed by atoms with Crippen LogP contribution in [0.3, 0.4) is 0 Å². The molecule has 5 N–H and O–H groups in total. The van der Waals surface area contributed by atoms with E-state index in [1.165, 1.54) is 6.92 Å². The summed E-state index contributed by atoms with van der Waals surface area (Å²) in [6.45, 7) is 11.3. The smallest absolute Gasteiger partial charge is 0.247 e. The number of hydrogen-bond donors (Lipinski definition) is 5. The second-order valence-corrected chi connectivity index (χ2v) is 13.5. The fourth-order valence-corrected chi connectivity index (χ4v) is 4.46. The Morgan fingerprint density at radius 3 is 2.20 bits per heavy atom. The third kappa shape index (κ3) is 12.0. The molecule has 14 heteroatoms. The summed E-state index contributed by atoms with van der Waals surface area (Å²) in [5.41, 5.74) is 0.453. The number of nitrogens with one attached hydrogen (secondary N) is 4. The number of nitrogens with zero attached hydrogens (tertiary/aromatic N) is 2. The molecular formula is C27H42N6O7S. The van der Waals surface area contributed by atoms with E-state index < -0.39 is 58.4 Å². The third-order valence-electron chi connectivity index (χ3n) is 5.78. The van der Waals surface area contributed by atoms with Crippen molar-refractivity contribution in [2.45, 2.75) is 78.6 Å². The quantitative estimate of drug-likeness (QED) is 0.214. The lowest BCUT2D eigenvalue weighted by atomic mass is 9.97. The number of rotatable bonds is 14. The normalized spacial score (nSPS) is 15.0. The van der Waals surface area contributed by atoms with Crippen molar-refractivity contribution in [3.63, 3.8) is 0 Å². The van der Waals surface area contributed by atoms with Crippen LogP contribution in [-0.2, 0) is 24.4 Å². The van der Waals surface area contributed by atoms with E-state index in [0.717, 1.165) is 6.26 Å². The zero-order valence-corrected chi connectivity index (χ0v) is 25.4. The van der Waals surface area contributed by atoms with Crippen LogP contribution in [0.15, 0.2) is 34.7 Å². The number of sulfonamides is 1. The molecule has 1 unspecified atom stereocenters. The van der Waals surface area contributed by atoms with Crippen molar-refractivity contribution < 1.29 is 32.3 Å². The molecular weight excluding hydrogens is 552 g/mol. The Balaban J connectivity index is 2.11. The molecule has 228 valence electrons. The average Bonchev–Trinajstić information content (AvgIpc) is 3.35. The van der Waals surface area contributed by atoms with Crippen molar-refractivity contribution in [3.05, 3.63) is 36.2 Å². The van der Waals surface area contributed by atoms with Crippen LogP contribution in [0.2, 0.25) is 0 Å². The molecule has 0 spiro atoms. The van der Waals surface area contributed by atoms with Gasteiger partial charge >= 0.3 is 0 Å². The van der Waals surface area contributed by atoms with Gasteiger partial charge < -0.3 is 25.5 Å². The van der Waals surface area contributed by atoms with Crippen molar-refractivity contribution >= 4 is 27.7 Å². The number of aliphatic hydroxyl groups excluding tert-OH is 1. The maximum absolute atomic E-state index is 13.1. The predicted molar refractivity (Wildman–Crippen MR) is 153 cm³/mol. The topological polar surface area (TPSA) is 193 Å². The number of hydrogen-bond acceptors (Lipinski definition) is 9. The highest BCUT2D eigenvalue weighted by atomic mass is 32.2. The molecule has 1 aromatic heterocycles. The Kier molecular flexibility index (Phi) is 12.0. The molecule has 0 saturated carbocycles. The Morgan fingerprint density at radius 1 is 1.00 bits per heavy atom. The fourth-order valence-electron chi connectivity index (χ4n) is 3.75. The van der Waals surface area contributed by atoms with Gasteiger partial charge in [-0.3, -0.25) is 14.4 Å². The maximum atomic E-state index is 13.1. The van der Waals surface area contributed by atoms with Gasteiger partial charge in [0.1, 0.15) is 12.1 Å². The van der Waals surface area contributed by atoms with E-state index in [2.05, 4.69) is 30.9 Å². The van der Waals surface area contributed by atoms with E-state index in [1.807, 2.05) is 40.7 Å². The number of amides is 3. The zero-order chi connectivity index (χ0) is 31.0. The highest BCUT2D eigenvalue weighted by Crippen LogP contribution is 2.24. The number of carbonyl (C=O) groups excluding carboxylic acids is 3. The molecule has 0 aliphatic rings. The van der Waals surface area contributed by atoms with Crippen LogP contribution in [0.5, 0.6) is 0 Å². The van der Waals surface area contributed by atoms with Crippen LogP contribution in [0.25, 0.3) is 11.5 Å². The van der Waals surface area contributed by atoms with E-state index >= 15 is 0 Å². The summed E-state index contributed by atoms with van der Waals surface area (Å²) >= 11 is 0. The molecule has 2 aromatic rings. The van der Waals surface area contributed by atoms with Gasteiger partial charge in [-0.2, -0.15) is 0 Å². The van der Waals surface area contributed by atoms with E-state index in [9.17, 15) is 27.9 Å². The molecule has 0 radical (unpaired) electrons. The van der Waals surface area contributed by atoms with Gasteiger partial charge in [0.05, 0.1) is 18.7 Å². The standard InChI is InChI=1S/C27H42N6O7S/c1-16(2)13-19(22(35)26-32-31-25(40-26)18-11-9-8-10-12-18)30-23(36)17(3)29-24(37)20(33-41(7,38)39)14-21(34)28-15-27(4,5)6/h8-12,16-17,19-20,22,33,35H,13-15H2,1-7H3,(H,28,34)(H,29,37)(H,30,36)/t17-,19-,20-,22?/m0/s1. The van der Waals surface area contributed by atoms with Gasteiger partial charge in [-0.05, 0) is 36.8 Å².